The first-order chi connectivity index (χ1) is 12.0. The van der Waals surface area contributed by atoms with Gasteiger partial charge in [0.1, 0.15) is 18.1 Å². The Hall–Kier alpha value is -2.60. The summed E-state index contributed by atoms with van der Waals surface area (Å²) >= 11 is 1.65. The molecular formula is C19H20N2O3S. The monoisotopic (exact) mass is 356 g/mol. The molecule has 130 valence electrons. The first-order valence-electron chi connectivity index (χ1n) is 7.97. The molecule has 3 aromatic rings. The highest BCUT2D eigenvalue weighted by Crippen LogP contribution is 2.19. The van der Waals surface area contributed by atoms with Crippen LogP contribution >= 0.6 is 11.3 Å². The Morgan fingerprint density at radius 2 is 2.00 bits per heavy atom. The fourth-order valence-corrected chi connectivity index (χ4v) is 3.24. The third kappa shape index (κ3) is 4.09. The van der Waals surface area contributed by atoms with Gasteiger partial charge in [-0.05, 0) is 49.6 Å². The lowest BCUT2D eigenvalue weighted by Gasteiger charge is -2.16. The molecule has 25 heavy (non-hydrogen) atoms. The summed E-state index contributed by atoms with van der Waals surface area (Å²) in [5, 5.41) is 5.92. The number of aryl methyl sites for hydroxylation is 2. The fourth-order valence-electron chi connectivity index (χ4n) is 2.49. The summed E-state index contributed by atoms with van der Waals surface area (Å²) in [4.78, 5) is 15.4. The largest absolute Gasteiger partial charge is 0.489 e. The molecule has 0 saturated carbocycles. The first kappa shape index (κ1) is 17.2. The number of hydrogen-bond acceptors (Lipinski definition) is 5. The number of thiophene rings is 1. The zero-order chi connectivity index (χ0) is 17.8. The maximum Gasteiger partial charge on any atom is 0.253 e. The van der Waals surface area contributed by atoms with Gasteiger partial charge in [0.05, 0.1) is 17.8 Å². The number of benzene rings is 1. The molecule has 3 rings (SSSR count). The third-order valence-corrected chi connectivity index (χ3v) is 4.85. The van der Waals surface area contributed by atoms with Crippen molar-refractivity contribution in [3.63, 3.8) is 0 Å². The van der Waals surface area contributed by atoms with Gasteiger partial charge < -0.3 is 14.2 Å². The molecule has 0 radical (unpaired) electrons. The van der Waals surface area contributed by atoms with Crippen LogP contribution in [0, 0.1) is 13.8 Å². The summed E-state index contributed by atoms with van der Waals surface area (Å²) in [5.74, 6) is 1.46. The first-order valence-corrected chi connectivity index (χ1v) is 8.85. The Labute approximate surface area is 150 Å². The molecule has 0 aliphatic carbocycles. The van der Waals surface area contributed by atoms with Gasteiger partial charge >= 0.3 is 0 Å². The number of ether oxygens (including phenoxy) is 1. The van der Waals surface area contributed by atoms with Gasteiger partial charge in [0.25, 0.3) is 5.91 Å². The van der Waals surface area contributed by atoms with Crippen molar-refractivity contribution in [2.75, 3.05) is 7.05 Å². The summed E-state index contributed by atoms with van der Waals surface area (Å²) in [6, 6.07) is 11.2. The zero-order valence-electron chi connectivity index (χ0n) is 14.5. The van der Waals surface area contributed by atoms with Gasteiger partial charge in [-0.3, -0.25) is 4.79 Å². The molecule has 1 amide bonds. The van der Waals surface area contributed by atoms with E-state index in [1.54, 1.807) is 28.4 Å². The van der Waals surface area contributed by atoms with E-state index >= 15 is 0 Å². The van der Waals surface area contributed by atoms with E-state index in [2.05, 4.69) is 5.16 Å². The molecule has 0 unspecified atom stereocenters. The van der Waals surface area contributed by atoms with Crippen LogP contribution in [0.2, 0.25) is 0 Å². The molecule has 0 saturated heterocycles. The van der Waals surface area contributed by atoms with Gasteiger partial charge in [0.2, 0.25) is 0 Å². The van der Waals surface area contributed by atoms with Crippen molar-refractivity contribution in [2.24, 2.45) is 0 Å². The number of carbonyl (C=O) groups is 1. The highest BCUT2D eigenvalue weighted by molar-refractivity contribution is 7.09. The fraction of sp³-hybridized carbons (Fsp3) is 0.263. The van der Waals surface area contributed by atoms with E-state index in [4.69, 9.17) is 9.26 Å². The molecule has 0 atom stereocenters. The average molecular weight is 356 g/mol. The lowest BCUT2D eigenvalue weighted by atomic mass is 10.2. The van der Waals surface area contributed by atoms with Crippen molar-refractivity contribution in [1.82, 2.24) is 10.1 Å². The Morgan fingerprint density at radius 3 is 2.60 bits per heavy atom. The Morgan fingerprint density at radius 1 is 1.24 bits per heavy atom. The molecule has 2 aromatic heterocycles. The van der Waals surface area contributed by atoms with Gasteiger partial charge in [-0.15, -0.1) is 11.3 Å². The van der Waals surface area contributed by atoms with Crippen LogP contribution in [-0.4, -0.2) is 23.0 Å². The zero-order valence-corrected chi connectivity index (χ0v) is 15.3. The van der Waals surface area contributed by atoms with E-state index in [-0.39, 0.29) is 5.91 Å². The van der Waals surface area contributed by atoms with Crippen LogP contribution < -0.4 is 4.74 Å². The summed E-state index contributed by atoms with van der Waals surface area (Å²) in [7, 11) is 1.81. The summed E-state index contributed by atoms with van der Waals surface area (Å²) in [6.07, 6.45) is 0. The number of carbonyl (C=O) groups excluding carboxylic acids is 1. The van der Waals surface area contributed by atoms with E-state index in [0.29, 0.717) is 24.5 Å². The second kappa shape index (κ2) is 7.53. The van der Waals surface area contributed by atoms with E-state index in [0.717, 1.165) is 21.9 Å². The van der Waals surface area contributed by atoms with Crippen LogP contribution in [0.3, 0.4) is 0 Å². The van der Waals surface area contributed by atoms with Crippen molar-refractivity contribution in [2.45, 2.75) is 27.0 Å². The number of hydrogen-bond donors (Lipinski definition) is 0. The molecule has 0 aliphatic rings. The molecule has 0 N–H and O–H groups in total. The molecule has 5 nitrogen and oxygen atoms in total. The normalized spacial score (nSPS) is 10.7. The minimum absolute atomic E-state index is 0.00864. The van der Waals surface area contributed by atoms with Crippen LogP contribution in [0.15, 0.2) is 46.3 Å². The average Bonchev–Trinajstić information content (AvgIpc) is 3.23. The van der Waals surface area contributed by atoms with Crippen molar-refractivity contribution >= 4 is 17.2 Å². The van der Waals surface area contributed by atoms with Gasteiger partial charge in [-0.2, -0.15) is 0 Å². The summed E-state index contributed by atoms with van der Waals surface area (Å²) in [6.45, 7) is 4.76. The number of rotatable bonds is 6. The van der Waals surface area contributed by atoms with Crippen molar-refractivity contribution < 1.29 is 14.1 Å². The van der Waals surface area contributed by atoms with Crippen LogP contribution in [0.4, 0.5) is 0 Å². The smallest absolute Gasteiger partial charge is 0.253 e. The van der Waals surface area contributed by atoms with Crippen molar-refractivity contribution in [3.05, 3.63) is 69.2 Å². The molecule has 6 heteroatoms. The van der Waals surface area contributed by atoms with Crippen LogP contribution in [0.1, 0.15) is 32.3 Å². The highest BCUT2D eigenvalue weighted by atomic mass is 32.1. The lowest BCUT2D eigenvalue weighted by Crippen LogP contribution is -2.25. The van der Waals surface area contributed by atoms with Crippen molar-refractivity contribution in [1.29, 1.82) is 0 Å². The van der Waals surface area contributed by atoms with E-state index < -0.39 is 0 Å². The standard InChI is InChI=1S/C19H20N2O3S/c1-13-18(14(2)24-20-13)12-23-16-8-6-15(7-9-16)19(22)21(3)11-17-5-4-10-25-17/h4-10H,11-12H2,1-3H3. The number of aromatic nitrogens is 1. The Bertz CT molecular complexity index is 819. The van der Waals surface area contributed by atoms with Crippen LogP contribution in [-0.2, 0) is 13.2 Å². The molecule has 0 spiro atoms. The topological polar surface area (TPSA) is 55.6 Å². The van der Waals surface area contributed by atoms with Gasteiger partial charge in [0.15, 0.2) is 0 Å². The minimum atomic E-state index is -0.00864. The van der Waals surface area contributed by atoms with E-state index in [1.807, 2.05) is 50.5 Å². The molecule has 0 bridgehead atoms. The van der Waals surface area contributed by atoms with Gasteiger partial charge in [-0.1, -0.05) is 11.2 Å². The highest BCUT2D eigenvalue weighted by Gasteiger charge is 2.13. The third-order valence-electron chi connectivity index (χ3n) is 3.99. The molecule has 0 fully saturated rings. The predicted octanol–water partition coefficient (Wildman–Crippen LogP) is 4.20. The maximum absolute atomic E-state index is 12.5. The van der Waals surface area contributed by atoms with Crippen LogP contribution in [0.25, 0.3) is 0 Å². The molecule has 2 heterocycles. The SMILES string of the molecule is Cc1noc(C)c1COc1ccc(C(=O)N(C)Cc2cccs2)cc1. The quantitative estimate of drug-likeness (QED) is 0.664. The molecule has 1 aromatic carbocycles. The maximum atomic E-state index is 12.5. The Balaban J connectivity index is 1.60. The molecule has 0 aliphatic heterocycles. The van der Waals surface area contributed by atoms with Gasteiger partial charge in [-0.25, -0.2) is 0 Å². The number of nitrogens with zero attached hydrogens (tertiary/aromatic N) is 2. The van der Waals surface area contributed by atoms with Gasteiger partial charge in [0, 0.05) is 17.5 Å². The second-order valence-electron chi connectivity index (χ2n) is 5.86. The lowest BCUT2D eigenvalue weighted by molar-refractivity contribution is 0.0786. The second-order valence-corrected chi connectivity index (χ2v) is 6.89. The van der Waals surface area contributed by atoms with E-state index in [1.165, 1.54) is 0 Å². The van der Waals surface area contributed by atoms with E-state index in [9.17, 15) is 4.79 Å². The van der Waals surface area contributed by atoms with Crippen molar-refractivity contribution in [3.8, 4) is 5.75 Å². The minimum Gasteiger partial charge on any atom is -0.489 e. The summed E-state index contributed by atoms with van der Waals surface area (Å²) in [5.41, 5.74) is 2.43. The number of amides is 1. The summed E-state index contributed by atoms with van der Waals surface area (Å²) < 4.78 is 10.9. The molecular weight excluding hydrogens is 336 g/mol. The van der Waals surface area contributed by atoms with Crippen LogP contribution in [0.5, 0.6) is 5.75 Å². The predicted molar refractivity (Wildman–Crippen MR) is 96.9 cm³/mol. The Kier molecular flexibility index (Phi) is 5.19.